The van der Waals surface area contributed by atoms with Crippen molar-refractivity contribution in [1.82, 2.24) is 5.43 Å². The first kappa shape index (κ1) is 13.5. The molecule has 0 spiro atoms. The minimum atomic E-state index is -1.46. The summed E-state index contributed by atoms with van der Waals surface area (Å²) in [6, 6.07) is 9.00. The molecule has 0 radical (unpaired) electrons. The highest BCUT2D eigenvalue weighted by atomic mass is 16.3. The van der Waals surface area contributed by atoms with Gasteiger partial charge in [-0.1, -0.05) is 39.0 Å². The van der Waals surface area contributed by atoms with Crippen LogP contribution in [-0.2, 0) is 9.59 Å². The molecule has 0 aromatic heterocycles. The lowest BCUT2D eigenvalue weighted by atomic mass is 9.78. The first-order chi connectivity index (χ1) is 8.75. The summed E-state index contributed by atoms with van der Waals surface area (Å²) < 4.78 is 0. The van der Waals surface area contributed by atoms with Gasteiger partial charge in [-0.15, -0.1) is 0 Å². The Hall–Kier alpha value is -1.88. The summed E-state index contributed by atoms with van der Waals surface area (Å²) in [5.41, 5.74) is 1.05. The van der Waals surface area contributed by atoms with Crippen molar-refractivity contribution in [2.75, 3.05) is 5.01 Å². The second-order valence-electron chi connectivity index (χ2n) is 5.78. The van der Waals surface area contributed by atoms with E-state index >= 15 is 0 Å². The molecule has 1 atom stereocenters. The molecule has 19 heavy (non-hydrogen) atoms. The van der Waals surface area contributed by atoms with E-state index < -0.39 is 22.8 Å². The summed E-state index contributed by atoms with van der Waals surface area (Å²) in [7, 11) is 0. The summed E-state index contributed by atoms with van der Waals surface area (Å²) >= 11 is 0. The van der Waals surface area contributed by atoms with E-state index in [-0.39, 0.29) is 6.42 Å². The van der Waals surface area contributed by atoms with Gasteiger partial charge in [-0.05, 0) is 12.1 Å². The van der Waals surface area contributed by atoms with E-state index in [0.29, 0.717) is 5.69 Å². The quantitative estimate of drug-likeness (QED) is 0.747. The second kappa shape index (κ2) is 4.35. The van der Waals surface area contributed by atoms with Crippen molar-refractivity contribution in [3.8, 4) is 0 Å². The summed E-state index contributed by atoms with van der Waals surface area (Å²) in [5, 5.41) is 12.3. The fraction of sp³-hybridized carbons (Fsp3) is 0.429. The van der Waals surface area contributed by atoms with Gasteiger partial charge in [0, 0.05) is 5.41 Å². The lowest BCUT2D eigenvalue weighted by Gasteiger charge is -2.50. The van der Waals surface area contributed by atoms with Crippen molar-refractivity contribution in [2.45, 2.75) is 32.9 Å². The molecule has 5 heteroatoms. The van der Waals surface area contributed by atoms with Crippen LogP contribution in [0.15, 0.2) is 30.3 Å². The average molecular weight is 262 g/mol. The Morgan fingerprint density at radius 3 is 2.32 bits per heavy atom. The van der Waals surface area contributed by atoms with Gasteiger partial charge in [0.25, 0.3) is 0 Å². The Morgan fingerprint density at radius 1 is 1.21 bits per heavy atom. The van der Waals surface area contributed by atoms with Gasteiger partial charge in [0.05, 0.1) is 12.1 Å². The van der Waals surface area contributed by atoms with Crippen molar-refractivity contribution in [3.05, 3.63) is 30.3 Å². The molecule has 102 valence electrons. The lowest BCUT2D eigenvalue weighted by Crippen LogP contribution is -2.69. The van der Waals surface area contributed by atoms with E-state index in [1.54, 1.807) is 24.3 Å². The number of carbonyl (C=O) groups excluding carboxylic acids is 2. The number of aliphatic hydroxyl groups is 1. The molecule has 0 saturated carbocycles. The van der Waals surface area contributed by atoms with Crippen LogP contribution in [0.25, 0.3) is 0 Å². The van der Waals surface area contributed by atoms with Gasteiger partial charge in [0.2, 0.25) is 5.78 Å². The smallest absolute Gasteiger partial charge is 0.306 e. The Labute approximate surface area is 112 Å². The third-order valence-electron chi connectivity index (χ3n) is 3.46. The second-order valence-corrected chi connectivity index (χ2v) is 5.78. The lowest BCUT2D eigenvalue weighted by molar-refractivity contribution is -0.153. The normalized spacial score (nSPS) is 24.3. The zero-order valence-electron chi connectivity index (χ0n) is 11.3. The predicted octanol–water partition coefficient (Wildman–Crippen LogP) is 1.23. The molecule has 5 nitrogen and oxygen atoms in total. The number of carbonyl (C=O) groups is 2. The van der Waals surface area contributed by atoms with E-state index in [1.165, 1.54) is 5.01 Å². The number of benzene rings is 1. The average Bonchev–Trinajstić information content (AvgIpc) is 2.33. The van der Waals surface area contributed by atoms with E-state index in [1.807, 2.05) is 26.8 Å². The van der Waals surface area contributed by atoms with Gasteiger partial charge in [-0.2, -0.15) is 0 Å². The number of Topliss-reactive ketones (excluding diaryl/α,β-unsaturated/α-hetero) is 1. The number of ketones is 1. The summed E-state index contributed by atoms with van der Waals surface area (Å²) in [5.74, 6) is -1.30. The third kappa shape index (κ3) is 2.21. The van der Waals surface area contributed by atoms with Gasteiger partial charge in [0.1, 0.15) is 0 Å². The van der Waals surface area contributed by atoms with Gasteiger partial charge >= 0.3 is 5.91 Å². The molecule has 1 amide bonds. The fourth-order valence-corrected chi connectivity index (χ4v) is 2.10. The minimum Gasteiger partial charge on any atom is -0.368 e. The van der Waals surface area contributed by atoms with Crippen molar-refractivity contribution in [2.24, 2.45) is 5.41 Å². The number of anilines is 1. The van der Waals surface area contributed by atoms with Gasteiger partial charge in [-0.3, -0.25) is 20.0 Å². The third-order valence-corrected chi connectivity index (χ3v) is 3.46. The topological polar surface area (TPSA) is 69.6 Å². The molecular weight excluding hydrogens is 244 g/mol. The molecule has 1 aromatic rings. The van der Waals surface area contributed by atoms with Crippen LogP contribution in [0.3, 0.4) is 0 Å². The zero-order valence-corrected chi connectivity index (χ0v) is 11.3. The fourth-order valence-electron chi connectivity index (χ4n) is 2.10. The number of hydrogen-bond donors (Lipinski definition) is 2. The van der Waals surface area contributed by atoms with Crippen LogP contribution in [-0.4, -0.2) is 22.5 Å². The number of nitrogens with zero attached hydrogens (tertiary/aromatic N) is 1. The highest BCUT2D eigenvalue weighted by Gasteiger charge is 2.52. The van der Waals surface area contributed by atoms with E-state index in [0.717, 1.165) is 0 Å². The molecule has 0 aliphatic carbocycles. The number of hydrazine groups is 1. The van der Waals surface area contributed by atoms with Crippen molar-refractivity contribution >= 4 is 17.4 Å². The maximum absolute atomic E-state index is 11.6. The first-order valence-corrected chi connectivity index (χ1v) is 6.17. The molecule has 1 aliphatic rings. The standard InChI is InChI=1S/C14H18N2O3/c1-13(2,3)14(19)9-11(17)12(18)15-16(14)10-7-5-4-6-8-10/h4-8,19H,9H2,1-3H3,(H,15,18)/t14-/m0/s1. The van der Waals surface area contributed by atoms with Crippen LogP contribution >= 0.6 is 0 Å². The Kier molecular flexibility index (Phi) is 3.10. The number of nitrogens with one attached hydrogen (secondary N) is 1. The number of amides is 1. The largest absolute Gasteiger partial charge is 0.368 e. The van der Waals surface area contributed by atoms with E-state index in [4.69, 9.17) is 0 Å². The van der Waals surface area contributed by atoms with Crippen LogP contribution in [0, 0.1) is 5.41 Å². The number of para-hydroxylation sites is 1. The van der Waals surface area contributed by atoms with Crippen LogP contribution in [0.4, 0.5) is 5.69 Å². The maximum Gasteiger partial charge on any atom is 0.306 e. The Bertz CT molecular complexity index is 507. The zero-order chi connectivity index (χ0) is 14.3. The molecule has 1 aliphatic heterocycles. The van der Waals surface area contributed by atoms with Crippen LogP contribution in [0.1, 0.15) is 27.2 Å². The molecule has 0 bridgehead atoms. The number of hydrogen-bond acceptors (Lipinski definition) is 4. The molecule has 2 N–H and O–H groups in total. The monoisotopic (exact) mass is 262 g/mol. The first-order valence-electron chi connectivity index (χ1n) is 6.17. The van der Waals surface area contributed by atoms with Crippen LogP contribution in [0.2, 0.25) is 0 Å². The summed E-state index contributed by atoms with van der Waals surface area (Å²) in [6.45, 7) is 5.48. The highest BCUT2D eigenvalue weighted by molar-refractivity contribution is 6.37. The minimum absolute atomic E-state index is 0.225. The Balaban J connectivity index is 2.48. The molecule has 1 aromatic carbocycles. The highest BCUT2D eigenvalue weighted by Crippen LogP contribution is 2.39. The van der Waals surface area contributed by atoms with Crippen LogP contribution in [0.5, 0.6) is 0 Å². The molecule has 1 fully saturated rings. The van der Waals surface area contributed by atoms with Crippen LogP contribution < -0.4 is 10.4 Å². The van der Waals surface area contributed by atoms with Crippen molar-refractivity contribution in [3.63, 3.8) is 0 Å². The Morgan fingerprint density at radius 2 is 1.79 bits per heavy atom. The van der Waals surface area contributed by atoms with Crippen molar-refractivity contribution in [1.29, 1.82) is 0 Å². The molecule has 2 rings (SSSR count). The van der Waals surface area contributed by atoms with E-state index in [2.05, 4.69) is 5.43 Å². The van der Waals surface area contributed by atoms with Gasteiger partial charge in [-0.25, -0.2) is 0 Å². The van der Waals surface area contributed by atoms with E-state index in [9.17, 15) is 14.7 Å². The van der Waals surface area contributed by atoms with Gasteiger partial charge in [0.15, 0.2) is 5.72 Å². The molecule has 0 unspecified atom stereocenters. The number of rotatable bonds is 1. The summed E-state index contributed by atoms with van der Waals surface area (Å²) in [4.78, 5) is 23.2. The summed E-state index contributed by atoms with van der Waals surface area (Å²) in [6.07, 6.45) is -0.225. The molecular formula is C14H18N2O3. The SMILES string of the molecule is CC(C)(C)[C@@]1(O)CC(=O)C(=O)NN1c1ccccc1. The molecule has 1 saturated heterocycles. The maximum atomic E-state index is 11.6. The predicted molar refractivity (Wildman–Crippen MR) is 71.1 cm³/mol. The van der Waals surface area contributed by atoms with Crippen molar-refractivity contribution < 1.29 is 14.7 Å². The molecule has 1 heterocycles. The van der Waals surface area contributed by atoms with Gasteiger partial charge < -0.3 is 5.11 Å².